The Morgan fingerprint density at radius 2 is 1.90 bits per heavy atom. The molecule has 0 aliphatic carbocycles. The molecule has 0 fully saturated rings. The Labute approximate surface area is 125 Å². The number of nitrogens with one attached hydrogen (secondary N) is 1. The van der Waals surface area contributed by atoms with E-state index >= 15 is 0 Å². The van der Waals surface area contributed by atoms with Gasteiger partial charge in [0.05, 0.1) is 17.7 Å². The molecule has 1 N–H and O–H groups in total. The lowest BCUT2D eigenvalue weighted by Crippen LogP contribution is -2.36. The van der Waals surface area contributed by atoms with Crippen molar-refractivity contribution < 1.29 is 4.79 Å². The van der Waals surface area contributed by atoms with E-state index in [4.69, 9.17) is 0 Å². The highest BCUT2D eigenvalue weighted by atomic mass is 16.2. The van der Waals surface area contributed by atoms with Crippen molar-refractivity contribution in [2.75, 3.05) is 25.0 Å². The smallest absolute Gasteiger partial charge is 0.241 e. The van der Waals surface area contributed by atoms with Crippen LogP contribution in [-0.2, 0) is 4.79 Å². The van der Waals surface area contributed by atoms with Gasteiger partial charge in [-0.2, -0.15) is 0 Å². The van der Waals surface area contributed by atoms with Crippen molar-refractivity contribution in [2.45, 2.75) is 26.7 Å². The number of carbonyl (C=O) groups excluding carboxylic acids is 1. The largest absolute Gasteiger partial charge is 0.374 e. The zero-order valence-electron chi connectivity index (χ0n) is 12.7. The summed E-state index contributed by atoms with van der Waals surface area (Å²) in [6.45, 7) is 6.08. The van der Waals surface area contributed by atoms with Gasteiger partial charge in [0.15, 0.2) is 0 Å². The van der Waals surface area contributed by atoms with E-state index in [9.17, 15) is 4.79 Å². The number of rotatable bonds is 7. The highest BCUT2D eigenvalue weighted by Crippen LogP contribution is 2.18. The lowest BCUT2D eigenvalue weighted by atomic mass is 10.2. The summed E-state index contributed by atoms with van der Waals surface area (Å²) in [5.74, 6) is 0.125. The van der Waals surface area contributed by atoms with Gasteiger partial charge in [0.1, 0.15) is 5.52 Å². The van der Waals surface area contributed by atoms with Crippen LogP contribution in [0.2, 0.25) is 0 Å². The molecule has 0 saturated heterocycles. The van der Waals surface area contributed by atoms with Crippen molar-refractivity contribution in [2.24, 2.45) is 0 Å². The average molecular weight is 286 g/mol. The topological polar surface area (TPSA) is 58.1 Å². The predicted octanol–water partition coefficient (Wildman–Crippen LogP) is 2.69. The van der Waals surface area contributed by atoms with Crippen LogP contribution in [0.4, 0.5) is 5.69 Å². The Balaban J connectivity index is 2.05. The van der Waals surface area contributed by atoms with E-state index in [0.29, 0.717) is 0 Å². The van der Waals surface area contributed by atoms with E-state index in [1.165, 1.54) is 0 Å². The number of hydrogen-bond acceptors (Lipinski definition) is 4. The predicted molar refractivity (Wildman–Crippen MR) is 85.2 cm³/mol. The van der Waals surface area contributed by atoms with Crippen LogP contribution in [0.25, 0.3) is 11.0 Å². The third kappa shape index (κ3) is 3.90. The van der Waals surface area contributed by atoms with Gasteiger partial charge in [-0.05, 0) is 31.0 Å². The minimum absolute atomic E-state index is 0.125. The third-order valence-corrected chi connectivity index (χ3v) is 3.27. The molecule has 1 amide bonds. The molecular formula is C16H22N4O. The standard InChI is InChI=1S/C16H22N4O/c1-3-10-20(11-4-2)15(21)12-19-14-7-9-17-13-6-5-8-18-16(13)14/h5-9H,3-4,10-12H2,1-2H3,(H,17,19). The van der Waals surface area contributed by atoms with E-state index in [0.717, 1.165) is 42.7 Å². The van der Waals surface area contributed by atoms with Crippen molar-refractivity contribution in [1.29, 1.82) is 0 Å². The highest BCUT2D eigenvalue weighted by Gasteiger charge is 2.12. The molecule has 0 aliphatic heterocycles. The lowest BCUT2D eigenvalue weighted by molar-refractivity contribution is -0.129. The maximum absolute atomic E-state index is 12.3. The van der Waals surface area contributed by atoms with Crippen molar-refractivity contribution in [1.82, 2.24) is 14.9 Å². The van der Waals surface area contributed by atoms with E-state index in [1.54, 1.807) is 12.4 Å². The maximum Gasteiger partial charge on any atom is 0.241 e. The monoisotopic (exact) mass is 286 g/mol. The summed E-state index contributed by atoms with van der Waals surface area (Å²) < 4.78 is 0. The van der Waals surface area contributed by atoms with Crippen LogP contribution in [0.3, 0.4) is 0 Å². The second-order valence-electron chi connectivity index (χ2n) is 4.96. The van der Waals surface area contributed by atoms with Crippen LogP contribution in [0.15, 0.2) is 30.6 Å². The molecule has 0 aromatic carbocycles. The molecule has 0 saturated carbocycles. The molecule has 0 atom stereocenters. The Morgan fingerprint density at radius 1 is 1.14 bits per heavy atom. The number of amides is 1. The molecule has 0 aliphatic rings. The van der Waals surface area contributed by atoms with Crippen LogP contribution in [0.5, 0.6) is 0 Å². The van der Waals surface area contributed by atoms with Crippen molar-refractivity contribution >= 4 is 22.6 Å². The van der Waals surface area contributed by atoms with Gasteiger partial charge in [0.2, 0.25) is 5.91 Å². The van der Waals surface area contributed by atoms with E-state index in [1.807, 2.05) is 23.1 Å². The van der Waals surface area contributed by atoms with Gasteiger partial charge in [-0.15, -0.1) is 0 Å². The van der Waals surface area contributed by atoms with Crippen LogP contribution in [-0.4, -0.2) is 40.4 Å². The molecule has 2 aromatic rings. The van der Waals surface area contributed by atoms with Gasteiger partial charge in [0, 0.05) is 25.5 Å². The summed E-state index contributed by atoms with van der Waals surface area (Å²) in [5, 5.41) is 3.19. The second kappa shape index (κ2) is 7.57. The summed E-state index contributed by atoms with van der Waals surface area (Å²) in [7, 11) is 0. The molecule has 0 radical (unpaired) electrons. The second-order valence-corrected chi connectivity index (χ2v) is 4.96. The molecule has 5 heteroatoms. The van der Waals surface area contributed by atoms with E-state index in [-0.39, 0.29) is 12.5 Å². The fraction of sp³-hybridized carbons (Fsp3) is 0.438. The summed E-state index contributed by atoms with van der Waals surface area (Å²) in [5.41, 5.74) is 2.47. The molecule has 21 heavy (non-hydrogen) atoms. The molecule has 2 heterocycles. The summed E-state index contributed by atoms with van der Waals surface area (Å²) in [6.07, 6.45) is 5.42. The van der Waals surface area contributed by atoms with E-state index in [2.05, 4.69) is 29.1 Å². The Morgan fingerprint density at radius 3 is 2.62 bits per heavy atom. The van der Waals surface area contributed by atoms with E-state index < -0.39 is 0 Å². The molecule has 5 nitrogen and oxygen atoms in total. The molecular weight excluding hydrogens is 264 g/mol. The van der Waals surface area contributed by atoms with Crippen LogP contribution in [0, 0.1) is 0 Å². The van der Waals surface area contributed by atoms with Crippen molar-refractivity contribution in [3.05, 3.63) is 30.6 Å². The van der Waals surface area contributed by atoms with Gasteiger partial charge in [0.25, 0.3) is 0 Å². The number of fused-ring (bicyclic) bond motifs is 1. The number of hydrogen-bond donors (Lipinski definition) is 1. The first-order valence-electron chi connectivity index (χ1n) is 7.47. The van der Waals surface area contributed by atoms with Crippen LogP contribution < -0.4 is 5.32 Å². The Kier molecular flexibility index (Phi) is 5.49. The minimum Gasteiger partial charge on any atom is -0.374 e. The molecule has 0 bridgehead atoms. The fourth-order valence-electron chi connectivity index (χ4n) is 2.31. The number of pyridine rings is 2. The average Bonchev–Trinajstić information content (AvgIpc) is 2.52. The number of aromatic nitrogens is 2. The zero-order valence-corrected chi connectivity index (χ0v) is 12.7. The first-order chi connectivity index (χ1) is 10.3. The van der Waals surface area contributed by atoms with Gasteiger partial charge < -0.3 is 10.2 Å². The summed E-state index contributed by atoms with van der Waals surface area (Å²) in [6, 6.07) is 5.62. The number of carbonyl (C=O) groups is 1. The molecule has 112 valence electrons. The quantitative estimate of drug-likeness (QED) is 0.850. The van der Waals surface area contributed by atoms with Crippen LogP contribution >= 0.6 is 0 Å². The molecule has 2 aromatic heterocycles. The molecule has 0 spiro atoms. The van der Waals surface area contributed by atoms with Crippen molar-refractivity contribution in [3.8, 4) is 0 Å². The minimum atomic E-state index is 0.125. The zero-order chi connectivity index (χ0) is 15.1. The Bertz CT molecular complexity index is 588. The SMILES string of the molecule is CCCN(CCC)C(=O)CNc1ccnc2cccnc12. The van der Waals surface area contributed by atoms with Gasteiger partial charge in [-0.1, -0.05) is 13.8 Å². The molecule has 2 rings (SSSR count). The number of nitrogens with zero attached hydrogens (tertiary/aromatic N) is 3. The first kappa shape index (κ1) is 15.2. The van der Waals surface area contributed by atoms with Gasteiger partial charge in [-0.3, -0.25) is 14.8 Å². The summed E-state index contributed by atoms with van der Waals surface area (Å²) in [4.78, 5) is 22.8. The van der Waals surface area contributed by atoms with Crippen LogP contribution in [0.1, 0.15) is 26.7 Å². The fourth-order valence-corrected chi connectivity index (χ4v) is 2.31. The number of anilines is 1. The van der Waals surface area contributed by atoms with Crippen molar-refractivity contribution in [3.63, 3.8) is 0 Å². The van der Waals surface area contributed by atoms with Gasteiger partial charge in [-0.25, -0.2) is 0 Å². The Hall–Kier alpha value is -2.17. The van der Waals surface area contributed by atoms with Gasteiger partial charge >= 0.3 is 0 Å². The maximum atomic E-state index is 12.3. The third-order valence-electron chi connectivity index (χ3n) is 3.27. The first-order valence-corrected chi connectivity index (χ1v) is 7.47. The summed E-state index contributed by atoms with van der Waals surface area (Å²) >= 11 is 0. The lowest BCUT2D eigenvalue weighted by Gasteiger charge is -2.22. The normalized spacial score (nSPS) is 10.6. The highest BCUT2D eigenvalue weighted by molar-refractivity contribution is 5.89. The molecule has 0 unspecified atom stereocenters.